The maximum absolute atomic E-state index is 11.6. The van der Waals surface area contributed by atoms with E-state index in [9.17, 15) is 9.59 Å². The van der Waals surface area contributed by atoms with Crippen LogP contribution in [0.3, 0.4) is 0 Å². The maximum atomic E-state index is 11.6. The van der Waals surface area contributed by atoms with Gasteiger partial charge in [0.2, 0.25) is 5.91 Å². The van der Waals surface area contributed by atoms with Crippen LogP contribution in [-0.4, -0.2) is 33.0 Å². The third kappa shape index (κ3) is 4.02. The largest absolute Gasteiger partial charge is 0.335 e. The minimum Gasteiger partial charge on any atom is -0.335 e. The zero-order valence-corrected chi connectivity index (χ0v) is 11.0. The predicted molar refractivity (Wildman–Crippen MR) is 66.9 cm³/mol. The van der Waals surface area contributed by atoms with Crippen molar-refractivity contribution in [2.75, 3.05) is 0 Å². The summed E-state index contributed by atoms with van der Waals surface area (Å²) in [5.41, 5.74) is 5.84. The van der Waals surface area contributed by atoms with E-state index in [1.54, 1.807) is 20.0 Å². The number of carbonyl (C=O) groups is 2. The Balaban J connectivity index is 1.84. The molecule has 0 atom stereocenters. The monoisotopic (exact) mass is 266 g/mol. The fourth-order valence-electron chi connectivity index (χ4n) is 1.43. The Morgan fingerprint density at radius 1 is 1.53 bits per heavy atom. The van der Waals surface area contributed by atoms with E-state index in [0.29, 0.717) is 5.69 Å². The molecular formula is C11H18N6O2. The number of hydrogen-bond acceptors (Lipinski definition) is 5. The van der Waals surface area contributed by atoms with Crippen LogP contribution in [0.4, 0.5) is 4.79 Å². The summed E-state index contributed by atoms with van der Waals surface area (Å²) in [6, 6.07) is -0.254. The molecule has 1 aliphatic carbocycles. The lowest BCUT2D eigenvalue weighted by Gasteiger charge is -2.13. The Morgan fingerprint density at radius 3 is 2.74 bits per heavy atom. The molecule has 0 bridgehead atoms. The number of urea groups is 1. The van der Waals surface area contributed by atoms with Gasteiger partial charge in [0, 0.05) is 6.04 Å². The standard InChI is InChI=1S/C11H18N6O2/c1-11(2,12)8-5-17(16-15-8)6-9(18)14-10(19)13-7-3-4-7/h5,7H,3-4,6,12H2,1-2H3,(H2,13,14,18,19). The molecule has 0 radical (unpaired) electrons. The molecule has 1 aromatic heterocycles. The van der Waals surface area contributed by atoms with Gasteiger partial charge in [-0.2, -0.15) is 0 Å². The molecule has 1 aliphatic rings. The second-order valence-corrected chi connectivity index (χ2v) is 5.32. The third-order valence-corrected chi connectivity index (χ3v) is 2.67. The average molecular weight is 266 g/mol. The minimum atomic E-state index is -0.613. The zero-order valence-electron chi connectivity index (χ0n) is 11.0. The summed E-state index contributed by atoms with van der Waals surface area (Å²) in [5, 5.41) is 12.6. The summed E-state index contributed by atoms with van der Waals surface area (Å²) in [6.07, 6.45) is 3.54. The SMILES string of the molecule is CC(C)(N)c1cn(CC(=O)NC(=O)NC2CC2)nn1. The van der Waals surface area contributed by atoms with Gasteiger partial charge in [-0.05, 0) is 26.7 Å². The first-order chi connectivity index (χ1) is 8.84. The van der Waals surface area contributed by atoms with Crippen molar-refractivity contribution in [2.24, 2.45) is 5.73 Å². The van der Waals surface area contributed by atoms with E-state index in [2.05, 4.69) is 20.9 Å². The van der Waals surface area contributed by atoms with Gasteiger partial charge in [-0.15, -0.1) is 5.10 Å². The summed E-state index contributed by atoms with van der Waals surface area (Å²) >= 11 is 0. The molecule has 1 fully saturated rings. The molecule has 0 aromatic carbocycles. The van der Waals surface area contributed by atoms with Crippen molar-refractivity contribution in [3.63, 3.8) is 0 Å². The van der Waals surface area contributed by atoms with Crippen LogP contribution in [0.25, 0.3) is 0 Å². The highest BCUT2D eigenvalue weighted by Crippen LogP contribution is 2.18. The highest BCUT2D eigenvalue weighted by Gasteiger charge is 2.24. The van der Waals surface area contributed by atoms with Crippen LogP contribution in [0, 0.1) is 0 Å². The fourth-order valence-corrected chi connectivity index (χ4v) is 1.43. The summed E-state index contributed by atoms with van der Waals surface area (Å²) in [4.78, 5) is 22.9. The quantitative estimate of drug-likeness (QED) is 0.677. The van der Waals surface area contributed by atoms with Gasteiger partial charge in [-0.25, -0.2) is 9.48 Å². The molecule has 8 heteroatoms. The smallest absolute Gasteiger partial charge is 0.321 e. The van der Waals surface area contributed by atoms with E-state index >= 15 is 0 Å². The first kappa shape index (κ1) is 13.5. The van der Waals surface area contributed by atoms with Crippen molar-refractivity contribution >= 4 is 11.9 Å². The number of nitrogens with zero attached hydrogens (tertiary/aromatic N) is 3. The lowest BCUT2D eigenvalue weighted by atomic mass is 10.0. The van der Waals surface area contributed by atoms with Crippen LogP contribution in [-0.2, 0) is 16.9 Å². The molecule has 0 unspecified atom stereocenters. The highest BCUT2D eigenvalue weighted by molar-refractivity contribution is 5.94. The number of amides is 3. The van der Waals surface area contributed by atoms with Crippen LogP contribution >= 0.6 is 0 Å². The Hall–Kier alpha value is -1.96. The normalized spacial score (nSPS) is 15.1. The summed E-state index contributed by atoms with van der Waals surface area (Å²) in [5.74, 6) is -0.440. The van der Waals surface area contributed by atoms with Crippen LogP contribution in [0.5, 0.6) is 0 Å². The number of nitrogens with one attached hydrogen (secondary N) is 2. The second kappa shape index (κ2) is 4.96. The van der Waals surface area contributed by atoms with Gasteiger partial charge >= 0.3 is 6.03 Å². The number of imide groups is 1. The van der Waals surface area contributed by atoms with E-state index in [1.807, 2.05) is 0 Å². The lowest BCUT2D eigenvalue weighted by molar-refractivity contribution is -0.120. The van der Waals surface area contributed by atoms with E-state index in [1.165, 1.54) is 4.68 Å². The van der Waals surface area contributed by atoms with E-state index in [-0.39, 0.29) is 12.6 Å². The molecule has 2 rings (SSSR count). The molecule has 1 aromatic rings. The van der Waals surface area contributed by atoms with Crippen LogP contribution in [0.15, 0.2) is 6.20 Å². The predicted octanol–water partition coefficient (Wildman–Crippen LogP) is -0.540. The molecule has 4 N–H and O–H groups in total. The van der Waals surface area contributed by atoms with E-state index < -0.39 is 17.5 Å². The summed E-state index contributed by atoms with van der Waals surface area (Å²) in [6.45, 7) is 3.52. The van der Waals surface area contributed by atoms with Gasteiger partial charge in [-0.1, -0.05) is 5.21 Å². The number of hydrogen-bond donors (Lipinski definition) is 3. The molecule has 104 valence electrons. The van der Waals surface area contributed by atoms with Crippen LogP contribution in [0.2, 0.25) is 0 Å². The van der Waals surface area contributed by atoms with Crippen molar-refractivity contribution in [1.82, 2.24) is 25.6 Å². The first-order valence-corrected chi connectivity index (χ1v) is 6.14. The number of nitrogens with two attached hydrogens (primary N) is 1. The molecular weight excluding hydrogens is 248 g/mol. The second-order valence-electron chi connectivity index (χ2n) is 5.32. The Bertz CT molecular complexity index is 486. The fraction of sp³-hybridized carbons (Fsp3) is 0.636. The van der Waals surface area contributed by atoms with Crippen LogP contribution < -0.4 is 16.4 Å². The molecule has 1 heterocycles. The first-order valence-electron chi connectivity index (χ1n) is 6.14. The van der Waals surface area contributed by atoms with Gasteiger partial charge in [0.15, 0.2) is 0 Å². The van der Waals surface area contributed by atoms with Gasteiger partial charge in [-0.3, -0.25) is 10.1 Å². The number of carbonyl (C=O) groups excluding carboxylic acids is 2. The highest BCUT2D eigenvalue weighted by atomic mass is 16.2. The molecule has 0 spiro atoms. The third-order valence-electron chi connectivity index (χ3n) is 2.67. The lowest BCUT2D eigenvalue weighted by Crippen LogP contribution is -2.41. The van der Waals surface area contributed by atoms with Gasteiger partial charge < -0.3 is 11.1 Å². The van der Waals surface area contributed by atoms with Gasteiger partial charge in [0.25, 0.3) is 0 Å². The number of aromatic nitrogens is 3. The van der Waals surface area contributed by atoms with E-state index in [0.717, 1.165) is 12.8 Å². The van der Waals surface area contributed by atoms with Crippen molar-refractivity contribution in [3.05, 3.63) is 11.9 Å². The summed E-state index contributed by atoms with van der Waals surface area (Å²) < 4.78 is 1.35. The molecule has 0 aliphatic heterocycles. The molecule has 0 saturated heterocycles. The average Bonchev–Trinajstić information content (AvgIpc) is 2.92. The zero-order chi connectivity index (χ0) is 14.0. The minimum absolute atomic E-state index is 0.0683. The Morgan fingerprint density at radius 2 is 2.21 bits per heavy atom. The van der Waals surface area contributed by atoms with Gasteiger partial charge in [0.1, 0.15) is 12.2 Å². The van der Waals surface area contributed by atoms with E-state index in [4.69, 9.17) is 5.73 Å². The maximum Gasteiger partial charge on any atom is 0.321 e. The topological polar surface area (TPSA) is 115 Å². The van der Waals surface area contributed by atoms with Crippen molar-refractivity contribution in [1.29, 1.82) is 0 Å². The Labute approximate surface area is 110 Å². The molecule has 19 heavy (non-hydrogen) atoms. The molecule has 1 saturated carbocycles. The van der Waals surface area contributed by atoms with Crippen LogP contribution in [0.1, 0.15) is 32.4 Å². The molecule has 3 amide bonds. The Kier molecular flexibility index (Phi) is 3.52. The van der Waals surface area contributed by atoms with Crippen molar-refractivity contribution in [3.8, 4) is 0 Å². The number of rotatable bonds is 4. The van der Waals surface area contributed by atoms with Gasteiger partial charge in [0.05, 0.1) is 11.7 Å². The van der Waals surface area contributed by atoms with Crippen molar-refractivity contribution < 1.29 is 9.59 Å². The molecule has 8 nitrogen and oxygen atoms in total. The van der Waals surface area contributed by atoms with Crippen molar-refractivity contribution in [2.45, 2.75) is 44.8 Å². The summed E-state index contributed by atoms with van der Waals surface area (Å²) in [7, 11) is 0.